The highest BCUT2D eigenvalue weighted by Crippen LogP contribution is 2.36. The lowest BCUT2D eigenvalue weighted by Crippen LogP contribution is -2.39. The molecule has 156 valence electrons. The number of rotatable bonds is 6. The molecule has 2 aromatic carbocycles. The van der Waals surface area contributed by atoms with E-state index in [0.717, 1.165) is 23.1 Å². The van der Waals surface area contributed by atoms with Gasteiger partial charge in [-0.3, -0.25) is 9.48 Å². The number of fused-ring (bicyclic) bond motifs is 1. The summed E-state index contributed by atoms with van der Waals surface area (Å²) in [5, 5.41) is 18.4. The van der Waals surface area contributed by atoms with Crippen molar-refractivity contribution in [2.24, 2.45) is 7.05 Å². The Labute approximate surface area is 175 Å². The van der Waals surface area contributed by atoms with Crippen molar-refractivity contribution in [2.75, 3.05) is 20.8 Å². The van der Waals surface area contributed by atoms with Gasteiger partial charge in [-0.1, -0.05) is 24.3 Å². The first-order valence-corrected chi connectivity index (χ1v) is 9.80. The van der Waals surface area contributed by atoms with Crippen molar-refractivity contribution < 1.29 is 19.4 Å². The molecule has 1 amide bonds. The second-order valence-corrected chi connectivity index (χ2v) is 7.48. The monoisotopic (exact) mass is 407 g/mol. The number of amides is 1. The minimum atomic E-state index is -1.05. The smallest absolute Gasteiger partial charge is 0.269 e. The van der Waals surface area contributed by atoms with Gasteiger partial charge in [0, 0.05) is 12.6 Å². The molecule has 0 radical (unpaired) electrons. The number of nitrogens with one attached hydrogen (secondary N) is 1. The number of ether oxygens (including phenoxy) is 2. The zero-order valence-electron chi connectivity index (χ0n) is 17.3. The van der Waals surface area contributed by atoms with E-state index < -0.39 is 5.60 Å². The van der Waals surface area contributed by atoms with Crippen molar-refractivity contribution >= 4 is 5.91 Å². The number of aliphatic hydroxyl groups is 1. The molecule has 2 N–H and O–H groups in total. The van der Waals surface area contributed by atoms with E-state index >= 15 is 0 Å². The van der Waals surface area contributed by atoms with Crippen molar-refractivity contribution in [2.45, 2.75) is 18.4 Å². The molecule has 1 aliphatic rings. The van der Waals surface area contributed by atoms with Crippen LogP contribution in [0.25, 0.3) is 11.3 Å². The molecular weight excluding hydrogens is 382 g/mol. The summed E-state index contributed by atoms with van der Waals surface area (Å²) >= 11 is 0. The van der Waals surface area contributed by atoms with Crippen molar-refractivity contribution in [1.82, 2.24) is 15.1 Å². The number of carbonyl (C=O) groups excluding carboxylic acids is 1. The first-order valence-electron chi connectivity index (χ1n) is 9.80. The Hall–Kier alpha value is -3.32. The van der Waals surface area contributed by atoms with Crippen molar-refractivity contribution in [3.8, 4) is 22.8 Å². The summed E-state index contributed by atoms with van der Waals surface area (Å²) in [7, 11) is 4.89. The molecule has 0 saturated heterocycles. The van der Waals surface area contributed by atoms with Crippen LogP contribution in [0.4, 0.5) is 0 Å². The molecule has 7 heteroatoms. The molecule has 4 rings (SSSR count). The van der Waals surface area contributed by atoms with Crippen LogP contribution >= 0.6 is 0 Å². The lowest BCUT2D eigenvalue weighted by atomic mass is 9.96. The first-order chi connectivity index (χ1) is 14.4. The topological polar surface area (TPSA) is 85.6 Å². The third-order valence-electron chi connectivity index (χ3n) is 5.66. The number of hydrogen-bond donors (Lipinski definition) is 2. The van der Waals surface area contributed by atoms with Crippen LogP contribution in [0.15, 0.2) is 48.5 Å². The van der Waals surface area contributed by atoms with Crippen LogP contribution in [0.5, 0.6) is 11.5 Å². The van der Waals surface area contributed by atoms with Gasteiger partial charge in [-0.2, -0.15) is 5.10 Å². The van der Waals surface area contributed by atoms with E-state index in [9.17, 15) is 9.90 Å². The number of methoxy groups -OCH3 is 2. The molecule has 0 bridgehead atoms. The van der Waals surface area contributed by atoms with Gasteiger partial charge in [-0.25, -0.2) is 0 Å². The number of nitrogens with zero attached hydrogens (tertiary/aromatic N) is 2. The SMILES string of the molecule is COc1ccc(OC)c(-c2cc(C(=O)NCC3(O)CCc4ccccc43)n(C)n2)c1. The fraction of sp³-hybridized carbons (Fsp3) is 0.304. The molecule has 0 aliphatic heterocycles. The van der Waals surface area contributed by atoms with Gasteiger partial charge in [-0.15, -0.1) is 0 Å². The third kappa shape index (κ3) is 3.52. The van der Waals surface area contributed by atoms with Crippen molar-refractivity contribution in [1.29, 1.82) is 0 Å². The Kier molecular flexibility index (Phi) is 5.22. The molecule has 30 heavy (non-hydrogen) atoms. The molecule has 0 fully saturated rings. The lowest BCUT2D eigenvalue weighted by molar-refractivity contribution is 0.0368. The van der Waals surface area contributed by atoms with Gasteiger partial charge in [0.25, 0.3) is 5.91 Å². The number of carbonyl (C=O) groups is 1. The molecule has 1 unspecified atom stereocenters. The van der Waals surface area contributed by atoms with E-state index in [-0.39, 0.29) is 12.5 Å². The summed E-state index contributed by atoms with van der Waals surface area (Å²) in [4.78, 5) is 12.9. The Balaban J connectivity index is 1.55. The highest BCUT2D eigenvalue weighted by molar-refractivity contribution is 5.94. The fourth-order valence-electron chi connectivity index (χ4n) is 3.99. The van der Waals surface area contributed by atoms with Crippen LogP contribution in [0.2, 0.25) is 0 Å². The molecule has 1 atom stereocenters. The molecule has 3 aromatic rings. The van der Waals surface area contributed by atoms with Crippen molar-refractivity contribution in [3.05, 3.63) is 65.4 Å². The standard InChI is InChI=1S/C23H25N3O4/c1-26-20(13-19(25-26)17-12-16(29-2)8-9-21(17)30-3)22(27)24-14-23(28)11-10-15-6-4-5-7-18(15)23/h4-9,12-13,28H,10-11,14H2,1-3H3,(H,24,27). The average molecular weight is 407 g/mol. The van der Waals surface area contributed by atoms with Crippen LogP contribution < -0.4 is 14.8 Å². The largest absolute Gasteiger partial charge is 0.497 e. The predicted octanol–water partition coefficient (Wildman–Crippen LogP) is 2.67. The highest BCUT2D eigenvalue weighted by atomic mass is 16.5. The molecular formula is C23H25N3O4. The maximum absolute atomic E-state index is 12.9. The normalized spacial score (nSPS) is 17.5. The molecule has 7 nitrogen and oxygen atoms in total. The lowest BCUT2D eigenvalue weighted by Gasteiger charge is -2.24. The van der Waals surface area contributed by atoms with Gasteiger partial charge < -0.3 is 19.9 Å². The highest BCUT2D eigenvalue weighted by Gasteiger charge is 2.36. The Morgan fingerprint density at radius 1 is 1.20 bits per heavy atom. The Morgan fingerprint density at radius 2 is 2.00 bits per heavy atom. The summed E-state index contributed by atoms with van der Waals surface area (Å²) in [5.41, 5.74) is 2.69. The average Bonchev–Trinajstić information content (AvgIpc) is 3.32. The Morgan fingerprint density at radius 3 is 2.77 bits per heavy atom. The molecule has 0 saturated carbocycles. The van der Waals surface area contributed by atoms with Crippen LogP contribution in [0.3, 0.4) is 0 Å². The summed E-state index contributed by atoms with van der Waals surface area (Å²) < 4.78 is 12.3. The van der Waals surface area contributed by atoms with Crippen molar-refractivity contribution in [3.63, 3.8) is 0 Å². The van der Waals surface area contributed by atoms with E-state index in [2.05, 4.69) is 10.4 Å². The number of hydrogen-bond acceptors (Lipinski definition) is 5. The van der Waals surface area contributed by atoms with Gasteiger partial charge in [0.2, 0.25) is 0 Å². The Bertz CT molecular complexity index is 1090. The summed E-state index contributed by atoms with van der Waals surface area (Å²) in [5.74, 6) is 1.01. The zero-order chi connectivity index (χ0) is 21.3. The molecule has 1 heterocycles. The first kappa shape index (κ1) is 20.0. The minimum Gasteiger partial charge on any atom is -0.497 e. The zero-order valence-corrected chi connectivity index (χ0v) is 17.3. The van der Waals surface area contributed by atoms with Gasteiger partial charge in [0.05, 0.1) is 26.5 Å². The molecule has 0 spiro atoms. The minimum absolute atomic E-state index is 0.145. The van der Waals surface area contributed by atoms with Crippen LogP contribution in [0, 0.1) is 0 Å². The summed E-state index contributed by atoms with van der Waals surface area (Å²) in [6.45, 7) is 0.145. The van der Waals surface area contributed by atoms with Gasteiger partial charge in [0.15, 0.2) is 0 Å². The van der Waals surface area contributed by atoms with Crippen LogP contribution in [-0.2, 0) is 19.1 Å². The van der Waals surface area contributed by atoms with Crippen LogP contribution in [-0.4, -0.2) is 41.6 Å². The van der Waals surface area contributed by atoms with E-state index in [1.165, 1.54) is 4.68 Å². The predicted molar refractivity (Wildman–Crippen MR) is 113 cm³/mol. The number of aryl methyl sites for hydroxylation is 2. The summed E-state index contributed by atoms with van der Waals surface area (Å²) in [6.07, 6.45) is 1.39. The van der Waals surface area contributed by atoms with Gasteiger partial charge in [0.1, 0.15) is 22.8 Å². The molecule has 1 aromatic heterocycles. The van der Waals surface area contributed by atoms with E-state index in [0.29, 0.717) is 29.3 Å². The van der Waals surface area contributed by atoms with E-state index in [4.69, 9.17) is 9.47 Å². The van der Waals surface area contributed by atoms with Gasteiger partial charge in [-0.05, 0) is 48.2 Å². The number of aromatic nitrogens is 2. The van der Waals surface area contributed by atoms with E-state index in [1.54, 1.807) is 39.5 Å². The third-order valence-corrected chi connectivity index (χ3v) is 5.66. The maximum Gasteiger partial charge on any atom is 0.269 e. The maximum atomic E-state index is 12.9. The fourth-order valence-corrected chi connectivity index (χ4v) is 3.99. The number of benzene rings is 2. The second kappa shape index (κ2) is 7.84. The summed E-state index contributed by atoms with van der Waals surface area (Å²) in [6, 6.07) is 14.9. The van der Waals surface area contributed by atoms with E-state index in [1.807, 2.05) is 30.3 Å². The quantitative estimate of drug-likeness (QED) is 0.656. The molecule has 1 aliphatic carbocycles. The second-order valence-electron chi connectivity index (χ2n) is 7.48. The van der Waals surface area contributed by atoms with Crippen LogP contribution in [0.1, 0.15) is 28.0 Å². The van der Waals surface area contributed by atoms with Gasteiger partial charge >= 0.3 is 0 Å².